The summed E-state index contributed by atoms with van der Waals surface area (Å²) in [5, 5.41) is 17.5. The number of rotatable bonds is 13. The van der Waals surface area contributed by atoms with Crippen LogP contribution >= 0.6 is 0 Å². The molecule has 0 saturated carbocycles. The van der Waals surface area contributed by atoms with Crippen LogP contribution in [0.5, 0.6) is 0 Å². The monoisotopic (exact) mass is 580 g/mol. The lowest BCUT2D eigenvalue weighted by atomic mass is 10.0. The maximum atomic E-state index is 11.4. The zero-order valence-corrected chi connectivity index (χ0v) is 26.3. The topological polar surface area (TPSA) is 195 Å². The molecule has 0 fully saturated rings. The first-order valence-electron chi connectivity index (χ1n) is 13.7. The maximum absolute atomic E-state index is 11.4. The van der Waals surface area contributed by atoms with Crippen molar-refractivity contribution in [1.82, 2.24) is 0 Å². The Kier molecular flexibility index (Phi) is 25.6. The minimum Gasteiger partial charge on any atom is -0.390 e. The maximum Gasteiger partial charge on any atom is 0.269 e. The quantitative estimate of drug-likeness (QED) is 0.132. The number of nitrogens with one attached hydrogen (secondary N) is 1. The molecule has 0 spiro atoms. The van der Waals surface area contributed by atoms with Crippen molar-refractivity contribution >= 4 is 34.1 Å². The van der Waals surface area contributed by atoms with E-state index in [4.69, 9.17) is 26.7 Å². The van der Waals surface area contributed by atoms with Crippen LogP contribution in [0, 0.1) is 23.2 Å². The normalized spacial score (nSPS) is 12.8. The lowest BCUT2D eigenvalue weighted by Gasteiger charge is -2.08. The largest absolute Gasteiger partial charge is 0.390 e. The van der Waals surface area contributed by atoms with Gasteiger partial charge in [-0.3, -0.25) is 10.2 Å². The van der Waals surface area contributed by atoms with Crippen molar-refractivity contribution in [3.63, 3.8) is 0 Å². The zero-order valence-electron chi connectivity index (χ0n) is 25.5. The number of nitriles is 1. The summed E-state index contributed by atoms with van der Waals surface area (Å²) in [4.78, 5) is 19.2. The number of allylic oxidation sites excluding steroid dienone is 1. The number of hydrogen-bond acceptors (Lipinski definition) is 8. The van der Waals surface area contributed by atoms with Gasteiger partial charge in [0, 0.05) is 5.57 Å². The molecule has 2 unspecified atom stereocenters. The van der Waals surface area contributed by atoms with Crippen molar-refractivity contribution in [2.75, 3.05) is 5.43 Å². The number of amides is 1. The van der Waals surface area contributed by atoms with Crippen LogP contribution in [-0.2, 0) is 19.6 Å². The molecule has 0 bridgehead atoms. The molecular weight excluding hydrogens is 528 g/mol. The Labute approximate surface area is 242 Å². The standard InChI is InChI=1S/C12H14N6O3S.2C8H18.CH2O/c1-7(8(14)6-13)11(12(15)19)18-17-9-4-2-3-5-10(9)22(16,20)21;2*1-4-6-7-8(3)5-2;1-2/h2-5,17H,14H2,1H3,(H2,15,19)(H2,16,20,21);2*8H,4-7H2,1-3H3;1H2/b8-7-,18-11-;;;. The van der Waals surface area contributed by atoms with Gasteiger partial charge < -0.3 is 16.3 Å². The molecule has 1 aromatic carbocycles. The third kappa shape index (κ3) is 19.8. The van der Waals surface area contributed by atoms with Gasteiger partial charge >= 0.3 is 0 Å². The fourth-order valence-electron chi connectivity index (χ4n) is 2.97. The van der Waals surface area contributed by atoms with Crippen molar-refractivity contribution in [3.8, 4) is 6.07 Å². The van der Waals surface area contributed by atoms with Crippen LogP contribution in [0.25, 0.3) is 0 Å². The van der Waals surface area contributed by atoms with E-state index in [1.807, 2.05) is 6.79 Å². The second-order valence-corrected chi connectivity index (χ2v) is 11.0. The number of anilines is 1. The van der Waals surface area contributed by atoms with Gasteiger partial charge in [0.2, 0.25) is 10.0 Å². The number of sulfonamides is 1. The van der Waals surface area contributed by atoms with Crippen molar-refractivity contribution in [3.05, 3.63) is 35.5 Å². The smallest absolute Gasteiger partial charge is 0.269 e. The molecule has 0 radical (unpaired) electrons. The van der Waals surface area contributed by atoms with Gasteiger partial charge in [0.1, 0.15) is 23.5 Å². The van der Waals surface area contributed by atoms with Crippen molar-refractivity contribution in [2.24, 2.45) is 33.5 Å². The number of nitrogens with zero attached hydrogens (tertiary/aromatic N) is 2. The number of unbranched alkanes of at least 4 members (excludes halogenated alkanes) is 2. The molecule has 0 aromatic heterocycles. The number of benzene rings is 1. The number of carbonyl (C=O) groups excluding carboxylic acids is 2. The fourth-order valence-corrected chi connectivity index (χ4v) is 3.66. The van der Waals surface area contributed by atoms with E-state index in [1.165, 1.54) is 76.5 Å². The number of primary sulfonamides is 1. The molecular formula is C29H52N6O4S. The minimum absolute atomic E-state index is 0.0482. The molecule has 0 aliphatic carbocycles. The molecule has 1 aromatic rings. The Morgan fingerprint density at radius 2 is 1.45 bits per heavy atom. The molecule has 2 atom stereocenters. The predicted molar refractivity (Wildman–Crippen MR) is 166 cm³/mol. The van der Waals surface area contributed by atoms with Gasteiger partial charge in [-0.05, 0) is 30.9 Å². The first-order chi connectivity index (χ1) is 18.8. The summed E-state index contributed by atoms with van der Waals surface area (Å²) in [5.74, 6) is 0.973. The fraction of sp³-hybridized carbons (Fsp3) is 0.586. The van der Waals surface area contributed by atoms with Crippen molar-refractivity contribution in [2.45, 2.75) is 105 Å². The molecule has 40 heavy (non-hydrogen) atoms. The van der Waals surface area contributed by atoms with E-state index in [0.717, 1.165) is 11.8 Å². The second kappa shape index (κ2) is 24.8. The number of para-hydroxylation sites is 1. The SMILES string of the molecule is C=O.CC(/C(=N/Nc1ccccc1S(N)(=O)=O)C(N)=O)=C(/N)C#N.CCCCC(C)CC.CCCCC(C)CC. The lowest BCUT2D eigenvalue weighted by molar-refractivity contribution is -0.112. The molecule has 0 aliphatic heterocycles. The first kappa shape index (κ1) is 41.3. The number of primary amides is 1. The van der Waals surface area contributed by atoms with Crippen molar-refractivity contribution in [1.29, 1.82) is 5.26 Å². The van der Waals surface area contributed by atoms with Crippen LogP contribution in [0.3, 0.4) is 0 Å². The van der Waals surface area contributed by atoms with Crippen LogP contribution < -0.4 is 22.0 Å². The van der Waals surface area contributed by atoms with E-state index in [-0.39, 0.29) is 27.6 Å². The van der Waals surface area contributed by atoms with E-state index in [0.29, 0.717) is 0 Å². The van der Waals surface area contributed by atoms with Gasteiger partial charge in [-0.15, -0.1) is 0 Å². The van der Waals surface area contributed by atoms with E-state index in [2.05, 4.69) is 52.1 Å². The predicted octanol–water partition coefficient (Wildman–Crippen LogP) is 5.60. The van der Waals surface area contributed by atoms with Gasteiger partial charge in [0.05, 0.1) is 5.69 Å². The molecule has 10 nitrogen and oxygen atoms in total. The Morgan fingerprint density at radius 1 is 1.00 bits per heavy atom. The Morgan fingerprint density at radius 3 is 1.80 bits per heavy atom. The second-order valence-electron chi connectivity index (χ2n) is 9.44. The van der Waals surface area contributed by atoms with Crippen molar-refractivity contribution < 1.29 is 18.0 Å². The molecule has 1 amide bonds. The molecule has 11 heteroatoms. The summed E-state index contributed by atoms with van der Waals surface area (Å²) in [7, 11) is -3.98. The average molecular weight is 581 g/mol. The lowest BCUT2D eigenvalue weighted by Crippen LogP contribution is -2.27. The highest BCUT2D eigenvalue weighted by Crippen LogP contribution is 2.19. The third-order valence-corrected chi connectivity index (χ3v) is 7.06. The molecule has 0 saturated heterocycles. The first-order valence-corrected chi connectivity index (χ1v) is 15.3. The number of carbonyl (C=O) groups is 2. The summed E-state index contributed by atoms with van der Waals surface area (Å²) in [5.41, 5.74) is 12.5. The van der Waals surface area contributed by atoms with Crippen LogP contribution in [0.4, 0.5) is 5.69 Å². The van der Waals surface area contributed by atoms with Gasteiger partial charge in [-0.1, -0.05) is 105 Å². The third-order valence-electron chi connectivity index (χ3n) is 6.09. The Balaban J connectivity index is -0.000000624. The summed E-state index contributed by atoms with van der Waals surface area (Å²) < 4.78 is 22.9. The average Bonchev–Trinajstić information content (AvgIpc) is 2.95. The van der Waals surface area contributed by atoms with E-state index in [1.54, 1.807) is 12.1 Å². The van der Waals surface area contributed by atoms with Gasteiger partial charge in [0.25, 0.3) is 5.91 Å². The number of nitrogens with two attached hydrogens (primary N) is 3. The highest BCUT2D eigenvalue weighted by atomic mass is 32.2. The summed E-state index contributed by atoms with van der Waals surface area (Å²) in [6, 6.07) is 7.34. The summed E-state index contributed by atoms with van der Waals surface area (Å²) in [6.45, 7) is 17.1. The number of hydrogen-bond donors (Lipinski definition) is 4. The van der Waals surface area contributed by atoms with Gasteiger partial charge in [-0.2, -0.15) is 10.4 Å². The van der Waals surface area contributed by atoms with Gasteiger partial charge in [0.15, 0.2) is 5.71 Å². The number of hydrazone groups is 1. The highest BCUT2D eigenvalue weighted by Gasteiger charge is 2.16. The Hall–Kier alpha value is -3.23. The van der Waals surface area contributed by atoms with E-state index < -0.39 is 15.9 Å². The summed E-state index contributed by atoms with van der Waals surface area (Å²) in [6.07, 6.45) is 11.1. The van der Waals surface area contributed by atoms with Crippen LogP contribution in [0.2, 0.25) is 0 Å². The summed E-state index contributed by atoms with van der Waals surface area (Å²) >= 11 is 0. The van der Waals surface area contributed by atoms with E-state index >= 15 is 0 Å². The molecule has 0 aliphatic rings. The molecule has 1 rings (SSSR count). The highest BCUT2D eigenvalue weighted by molar-refractivity contribution is 7.89. The molecule has 228 valence electrons. The minimum atomic E-state index is -3.98. The van der Waals surface area contributed by atoms with Gasteiger partial charge in [-0.25, -0.2) is 13.6 Å². The molecule has 0 heterocycles. The zero-order chi connectivity index (χ0) is 31.7. The van der Waals surface area contributed by atoms with Crippen LogP contribution in [-0.4, -0.2) is 26.8 Å². The van der Waals surface area contributed by atoms with Crippen LogP contribution in [0.1, 0.15) is 99.8 Å². The molecule has 7 N–H and O–H groups in total. The Bertz CT molecular complexity index is 1030. The van der Waals surface area contributed by atoms with E-state index in [9.17, 15) is 13.2 Å². The van der Waals surface area contributed by atoms with Crippen LogP contribution in [0.15, 0.2) is 45.5 Å².